The average molecular weight is 1180 g/mol. The SMILES string of the molecule is CC(C)(C)c1cc(Oc2[c-]c3c(cc2)c2cc(C(C)(C)c4ccccc4)ccc2n3-c2cc(C(C)(C)c3ccccc3)ccn2)[c-]c(N2[CH-]N(c3cccc(C(C)(C)C)c3)c3cc(C(C)(C)C)c(C(C)(C)C)cc32)c1.[Pt]. The monoisotopic (exact) mass is 1180 g/mol. The number of hydrogen-bond donors (Lipinski definition) is 0. The van der Waals surface area contributed by atoms with E-state index in [1.165, 1.54) is 38.9 Å². The van der Waals surface area contributed by atoms with Crippen LogP contribution in [0.15, 0.2) is 158 Å². The van der Waals surface area contributed by atoms with Crippen LogP contribution in [0.4, 0.5) is 22.7 Å². The second kappa shape index (κ2) is 19.5. The smallest absolute Gasteiger partial charge is 0.135 e. The first-order valence-corrected chi connectivity index (χ1v) is 26.8. The number of pyridine rings is 1. The molecule has 1 aliphatic heterocycles. The number of rotatable bonds is 9. The van der Waals surface area contributed by atoms with E-state index in [2.05, 4.69) is 296 Å². The zero-order chi connectivity index (χ0) is 53.6. The van der Waals surface area contributed by atoms with Crippen LogP contribution in [0, 0.1) is 18.8 Å². The molecule has 394 valence electrons. The van der Waals surface area contributed by atoms with Gasteiger partial charge in [-0.15, -0.1) is 53.6 Å². The van der Waals surface area contributed by atoms with Gasteiger partial charge in [0.2, 0.25) is 0 Å². The van der Waals surface area contributed by atoms with E-state index < -0.39 is 0 Å². The Morgan fingerprint density at radius 1 is 0.434 bits per heavy atom. The average Bonchev–Trinajstić information content (AvgIpc) is 3.98. The van der Waals surface area contributed by atoms with Crippen LogP contribution in [-0.4, -0.2) is 9.55 Å². The van der Waals surface area contributed by atoms with Crippen molar-refractivity contribution in [1.82, 2.24) is 9.55 Å². The minimum atomic E-state index is -0.266. The summed E-state index contributed by atoms with van der Waals surface area (Å²) < 4.78 is 9.34. The Hall–Kier alpha value is -6.42. The van der Waals surface area contributed by atoms with Crippen molar-refractivity contribution < 1.29 is 25.8 Å². The van der Waals surface area contributed by atoms with Crippen molar-refractivity contribution in [1.29, 1.82) is 0 Å². The topological polar surface area (TPSA) is 33.5 Å². The van der Waals surface area contributed by atoms with Crippen molar-refractivity contribution in [3.8, 4) is 17.3 Å². The minimum Gasteiger partial charge on any atom is -0.509 e. The number of fused-ring (bicyclic) bond motifs is 4. The fraction of sp³-hybridized carbons (Fsp3) is 0.314. The Morgan fingerprint density at radius 2 is 1.00 bits per heavy atom. The van der Waals surface area contributed by atoms with Gasteiger partial charge in [0, 0.05) is 72.2 Å². The summed E-state index contributed by atoms with van der Waals surface area (Å²) in [4.78, 5) is 9.78. The summed E-state index contributed by atoms with van der Waals surface area (Å²) in [7, 11) is 0. The standard InChI is InChI=1S/C70H75N4O.Pt/c1-65(2,3)48-28-23-29-52(36-48)72-45-73(63-44-59(68(10,11)12)58(43-62(63)72)67(7,8)9)53-37-51(66(4,5)6)38-55(41-53)75-54-31-32-56-57-39-49(69(13,14)46-24-19-17-20-25-46)30-33-60(57)74(61(56)42-54)64-40-50(34-35-71-64)70(15,16)47-26-21-18-22-27-47;/h17-40,43-45H,1-16H3;/q-3;. The van der Waals surface area contributed by atoms with Crippen molar-refractivity contribution in [2.24, 2.45) is 0 Å². The normalized spacial score (nSPS) is 13.6. The van der Waals surface area contributed by atoms with Crippen LogP contribution in [0.1, 0.15) is 155 Å². The van der Waals surface area contributed by atoms with Crippen LogP contribution in [0.3, 0.4) is 0 Å². The molecule has 76 heavy (non-hydrogen) atoms. The first-order valence-electron chi connectivity index (χ1n) is 26.8. The van der Waals surface area contributed by atoms with Crippen molar-refractivity contribution in [2.75, 3.05) is 9.80 Å². The van der Waals surface area contributed by atoms with Crippen molar-refractivity contribution in [2.45, 2.75) is 143 Å². The van der Waals surface area contributed by atoms with Gasteiger partial charge in [0.25, 0.3) is 0 Å². The van der Waals surface area contributed by atoms with Gasteiger partial charge in [-0.2, -0.15) is 6.07 Å². The molecule has 0 amide bonds. The maximum Gasteiger partial charge on any atom is 0.135 e. The molecule has 0 radical (unpaired) electrons. The van der Waals surface area contributed by atoms with Gasteiger partial charge in [-0.25, -0.2) is 4.98 Å². The molecule has 2 aromatic heterocycles. The molecule has 0 fully saturated rings. The van der Waals surface area contributed by atoms with Crippen molar-refractivity contribution >= 4 is 44.6 Å². The molecule has 1 aliphatic rings. The van der Waals surface area contributed by atoms with Gasteiger partial charge in [-0.3, -0.25) is 0 Å². The zero-order valence-corrected chi connectivity index (χ0v) is 49.9. The summed E-state index contributed by atoms with van der Waals surface area (Å²) in [6, 6.07) is 63.0. The van der Waals surface area contributed by atoms with E-state index in [9.17, 15) is 0 Å². The van der Waals surface area contributed by atoms with Crippen LogP contribution in [0.25, 0.3) is 27.6 Å². The van der Waals surface area contributed by atoms with E-state index in [0.717, 1.165) is 55.9 Å². The third kappa shape index (κ3) is 10.2. The number of benzene rings is 7. The molecular weight excluding hydrogens is 1110 g/mol. The van der Waals surface area contributed by atoms with E-state index in [1.54, 1.807) is 0 Å². The van der Waals surface area contributed by atoms with Crippen LogP contribution in [0.5, 0.6) is 11.5 Å². The molecule has 0 N–H and O–H groups in total. The fourth-order valence-corrected chi connectivity index (χ4v) is 10.8. The van der Waals surface area contributed by atoms with Crippen LogP contribution in [0.2, 0.25) is 0 Å². The molecule has 0 saturated carbocycles. The zero-order valence-electron chi connectivity index (χ0n) is 47.6. The minimum absolute atomic E-state index is 0. The molecule has 7 aromatic carbocycles. The van der Waals surface area contributed by atoms with E-state index in [1.807, 2.05) is 6.20 Å². The molecule has 0 spiro atoms. The molecule has 0 unspecified atom stereocenters. The van der Waals surface area contributed by atoms with Gasteiger partial charge in [0.05, 0.1) is 0 Å². The van der Waals surface area contributed by atoms with E-state index in [-0.39, 0.29) is 53.6 Å². The quantitative estimate of drug-likeness (QED) is 0.135. The number of nitrogens with zero attached hydrogens (tertiary/aromatic N) is 4. The summed E-state index contributed by atoms with van der Waals surface area (Å²) in [6.45, 7) is 39.0. The van der Waals surface area contributed by atoms with Crippen molar-refractivity contribution in [3.05, 3.63) is 221 Å². The summed E-state index contributed by atoms with van der Waals surface area (Å²) in [5.41, 5.74) is 15.4. The molecule has 0 bridgehead atoms. The third-order valence-corrected chi connectivity index (χ3v) is 15.7. The first-order chi connectivity index (χ1) is 35.2. The van der Waals surface area contributed by atoms with Gasteiger partial charge >= 0.3 is 0 Å². The van der Waals surface area contributed by atoms with E-state index >= 15 is 0 Å². The number of anilines is 4. The second-order valence-corrected chi connectivity index (χ2v) is 26.0. The number of ether oxygens (including phenoxy) is 1. The molecule has 9 aromatic rings. The maximum absolute atomic E-state index is 7.08. The maximum atomic E-state index is 7.08. The Bertz CT molecular complexity index is 3600. The number of aromatic nitrogens is 2. The van der Waals surface area contributed by atoms with Gasteiger partial charge < -0.3 is 19.1 Å². The van der Waals surface area contributed by atoms with Gasteiger partial charge in [-0.1, -0.05) is 201 Å². The van der Waals surface area contributed by atoms with Crippen LogP contribution in [-0.2, 0) is 53.6 Å². The van der Waals surface area contributed by atoms with Crippen LogP contribution >= 0.6 is 0 Å². The predicted octanol–water partition coefficient (Wildman–Crippen LogP) is 18.8. The van der Waals surface area contributed by atoms with Crippen LogP contribution < -0.4 is 14.5 Å². The molecule has 0 atom stereocenters. The molecule has 0 saturated heterocycles. The molecule has 6 heteroatoms. The molecular formula is C70H75N4OPt-3. The van der Waals surface area contributed by atoms with E-state index in [0.29, 0.717) is 11.5 Å². The molecule has 3 heterocycles. The fourth-order valence-electron chi connectivity index (χ4n) is 10.8. The summed E-state index contributed by atoms with van der Waals surface area (Å²) >= 11 is 0. The summed E-state index contributed by atoms with van der Waals surface area (Å²) in [5.74, 6) is 2.05. The van der Waals surface area contributed by atoms with Gasteiger partial charge in [0.1, 0.15) is 5.82 Å². The Balaban J connectivity index is 0.00000706. The Labute approximate surface area is 468 Å². The van der Waals surface area contributed by atoms with Crippen molar-refractivity contribution in [3.63, 3.8) is 0 Å². The number of hydrogen-bond acceptors (Lipinski definition) is 4. The largest absolute Gasteiger partial charge is 0.509 e. The summed E-state index contributed by atoms with van der Waals surface area (Å²) in [5, 5.41) is 2.21. The first kappa shape index (κ1) is 54.4. The molecule has 5 nitrogen and oxygen atoms in total. The summed E-state index contributed by atoms with van der Waals surface area (Å²) in [6.07, 6.45) is 1.94. The Kier molecular flexibility index (Phi) is 14.0. The second-order valence-electron chi connectivity index (χ2n) is 26.0. The van der Waals surface area contributed by atoms with Gasteiger partial charge in [-0.05, 0) is 108 Å². The van der Waals surface area contributed by atoms with Gasteiger partial charge in [0.15, 0.2) is 0 Å². The molecule has 0 aliphatic carbocycles. The third-order valence-electron chi connectivity index (χ3n) is 15.7. The van der Waals surface area contributed by atoms with E-state index in [4.69, 9.17) is 9.72 Å². The molecule has 10 rings (SSSR count). The predicted molar refractivity (Wildman–Crippen MR) is 316 cm³/mol. The Morgan fingerprint density at radius 3 is 1.58 bits per heavy atom.